The van der Waals surface area contributed by atoms with Gasteiger partial charge in [0.2, 0.25) is 5.91 Å². The van der Waals surface area contributed by atoms with Crippen LogP contribution >= 0.6 is 0 Å². The topological polar surface area (TPSA) is 84.7 Å². The molecule has 1 aliphatic rings. The first-order chi connectivity index (χ1) is 10.9. The van der Waals surface area contributed by atoms with E-state index in [4.69, 9.17) is 10.5 Å². The van der Waals surface area contributed by atoms with Crippen molar-refractivity contribution in [2.24, 2.45) is 5.73 Å². The minimum atomic E-state index is -0.515. The van der Waals surface area contributed by atoms with E-state index in [9.17, 15) is 9.59 Å². The van der Waals surface area contributed by atoms with Crippen LogP contribution < -0.4 is 15.8 Å². The smallest absolute Gasteiger partial charge is 0.255 e. The molecule has 0 aromatic heterocycles. The van der Waals surface area contributed by atoms with E-state index in [1.807, 2.05) is 17.0 Å². The van der Waals surface area contributed by atoms with E-state index >= 15 is 0 Å². The third kappa shape index (κ3) is 5.41. The van der Waals surface area contributed by atoms with Crippen LogP contribution in [-0.2, 0) is 9.59 Å². The Bertz CT molecular complexity index is 573. The summed E-state index contributed by atoms with van der Waals surface area (Å²) in [7, 11) is 0. The minimum absolute atomic E-state index is 0.0132. The molecule has 0 spiro atoms. The average molecular weight is 317 g/mol. The fraction of sp³-hybridized carbons (Fsp3) is 0.412. The number of benzene rings is 1. The van der Waals surface area contributed by atoms with Crippen LogP contribution in [0.15, 0.2) is 30.3 Å². The highest BCUT2D eigenvalue weighted by Crippen LogP contribution is 2.13. The molecule has 0 radical (unpaired) electrons. The van der Waals surface area contributed by atoms with Crippen molar-refractivity contribution in [3.63, 3.8) is 0 Å². The molecule has 1 aromatic carbocycles. The quantitative estimate of drug-likeness (QED) is 0.786. The maximum absolute atomic E-state index is 12.2. The van der Waals surface area contributed by atoms with Crippen molar-refractivity contribution in [2.45, 2.75) is 25.9 Å². The third-order valence-electron chi connectivity index (χ3n) is 3.55. The first-order valence-corrected chi connectivity index (χ1v) is 7.68. The van der Waals surface area contributed by atoms with Gasteiger partial charge in [0.05, 0.1) is 0 Å². The van der Waals surface area contributed by atoms with Crippen LogP contribution in [0.25, 0.3) is 6.08 Å². The van der Waals surface area contributed by atoms with Gasteiger partial charge < -0.3 is 20.7 Å². The van der Waals surface area contributed by atoms with Gasteiger partial charge in [-0.1, -0.05) is 12.1 Å². The molecule has 6 heteroatoms. The van der Waals surface area contributed by atoms with Crippen molar-refractivity contribution < 1.29 is 14.3 Å². The van der Waals surface area contributed by atoms with E-state index in [-0.39, 0.29) is 12.5 Å². The largest absolute Gasteiger partial charge is 0.484 e. The number of rotatable bonds is 5. The minimum Gasteiger partial charge on any atom is -0.484 e. The van der Waals surface area contributed by atoms with Gasteiger partial charge >= 0.3 is 0 Å². The van der Waals surface area contributed by atoms with Crippen LogP contribution in [0.3, 0.4) is 0 Å². The molecule has 0 bridgehead atoms. The lowest BCUT2D eigenvalue weighted by Crippen LogP contribution is -2.55. The second-order valence-corrected chi connectivity index (χ2v) is 5.87. The van der Waals surface area contributed by atoms with Crippen LogP contribution in [-0.4, -0.2) is 48.5 Å². The molecule has 2 atom stereocenters. The van der Waals surface area contributed by atoms with E-state index in [1.165, 1.54) is 0 Å². The molecule has 1 aromatic rings. The second-order valence-electron chi connectivity index (χ2n) is 5.87. The normalized spacial score (nSPS) is 21.4. The Balaban J connectivity index is 1.91. The lowest BCUT2D eigenvalue weighted by Gasteiger charge is -2.35. The monoisotopic (exact) mass is 317 g/mol. The highest BCUT2D eigenvalue weighted by atomic mass is 16.5. The van der Waals surface area contributed by atoms with E-state index < -0.39 is 5.91 Å². The maximum Gasteiger partial charge on any atom is 0.255 e. The SMILES string of the molecule is CC1CN(C(=O)C=Cc2ccc(OCC(N)=O)cc2)CC(C)N1. The summed E-state index contributed by atoms with van der Waals surface area (Å²) in [6.07, 6.45) is 3.36. The summed E-state index contributed by atoms with van der Waals surface area (Å²) >= 11 is 0. The van der Waals surface area contributed by atoms with Crippen LogP contribution in [0.2, 0.25) is 0 Å². The molecular weight excluding hydrogens is 294 g/mol. The van der Waals surface area contributed by atoms with Gasteiger partial charge in [0.25, 0.3) is 5.91 Å². The zero-order valence-corrected chi connectivity index (χ0v) is 13.5. The molecule has 1 aliphatic heterocycles. The number of nitrogens with zero attached hydrogens (tertiary/aromatic N) is 1. The summed E-state index contributed by atoms with van der Waals surface area (Å²) < 4.78 is 5.19. The number of hydrogen-bond donors (Lipinski definition) is 2. The van der Waals surface area contributed by atoms with Crippen LogP contribution in [0, 0.1) is 0 Å². The van der Waals surface area contributed by atoms with Crippen molar-refractivity contribution in [1.29, 1.82) is 0 Å². The number of carbonyl (C=O) groups excluding carboxylic acids is 2. The summed E-state index contributed by atoms with van der Waals surface area (Å²) in [4.78, 5) is 24.7. The van der Waals surface area contributed by atoms with Gasteiger partial charge in [-0.3, -0.25) is 9.59 Å². The van der Waals surface area contributed by atoms with Crippen LogP contribution in [0.1, 0.15) is 19.4 Å². The van der Waals surface area contributed by atoms with Gasteiger partial charge in [0, 0.05) is 31.2 Å². The number of carbonyl (C=O) groups is 2. The van der Waals surface area contributed by atoms with Gasteiger partial charge in [-0.15, -0.1) is 0 Å². The predicted octanol–water partition coefficient (Wildman–Crippen LogP) is 0.773. The summed E-state index contributed by atoms with van der Waals surface area (Å²) in [5.74, 6) is 0.0651. The van der Waals surface area contributed by atoms with Gasteiger partial charge in [0.15, 0.2) is 6.61 Å². The zero-order chi connectivity index (χ0) is 16.8. The van der Waals surface area contributed by atoms with Gasteiger partial charge in [-0.2, -0.15) is 0 Å². The van der Waals surface area contributed by atoms with Gasteiger partial charge in [0.1, 0.15) is 5.75 Å². The lowest BCUT2D eigenvalue weighted by atomic mass is 10.1. The number of nitrogens with one attached hydrogen (secondary N) is 1. The van der Waals surface area contributed by atoms with Crippen LogP contribution in [0.4, 0.5) is 0 Å². The number of nitrogens with two attached hydrogens (primary N) is 1. The Kier molecular flexibility index (Phi) is 5.76. The Labute approximate surface area is 136 Å². The van der Waals surface area contributed by atoms with Crippen molar-refractivity contribution in [3.8, 4) is 5.75 Å². The molecule has 3 N–H and O–H groups in total. The number of primary amides is 1. The maximum atomic E-state index is 12.2. The summed E-state index contributed by atoms with van der Waals surface area (Å²) in [6, 6.07) is 7.73. The van der Waals surface area contributed by atoms with Crippen molar-refractivity contribution in [2.75, 3.05) is 19.7 Å². The fourth-order valence-electron chi connectivity index (χ4n) is 2.61. The molecule has 6 nitrogen and oxygen atoms in total. The van der Waals surface area contributed by atoms with E-state index in [0.717, 1.165) is 5.56 Å². The molecule has 0 aliphatic carbocycles. The zero-order valence-electron chi connectivity index (χ0n) is 13.5. The second kappa shape index (κ2) is 7.78. The Morgan fingerprint density at radius 2 is 1.87 bits per heavy atom. The van der Waals surface area contributed by atoms with E-state index in [1.54, 1.807) is 24.3 Å². The summed E-state index contributed by atoms with van der Waals surface area (Å²) in [5.41, 5.74) is 5.91. The van der Waals surface area contributed by atoms with E-state index in [2.05, 4.69) is 19.2 Å². The molecule has 23 heavy (non-hydrogen) atoms. The van der Waals surface area contributed by atoms with Crippen molar-refractivity contribution in [3.05, 3.63) is 35.9 Å². The average Bonchev–Trinajstić information content (AvgIpc) is 2.50. The molecular formula is C17H23N3O3. The van der Waals surface area contributed by atoms with Crippen LogP contribution in [0.5, 0.6) is 5.75 Å². The highest BCUT2D eigenvalue weighted by Gasteiger charge is 2.23. The molecule has 2 unspecified atom stereocenters. The van der Waals surface area contributed by atoms with Gasteiger partial charge in [-0.05, 0) is 37.6 Å². The number of hydrogen-bond acceptors (Lipinski definition) is 4. The number of ether oxygens (including phenoxy) is 1. The highest BCUT2D eigenvalue weighted by molar-refractivity contribution is 5.91. The van der Waals surface area contributed by atoms with Crippen molar-refractivity contribution >= 4 is 17.9 Å². The standard InChI is InChI=1S/C17H23N3O3/c1-12-9-20(10-13(2)19-12)17(22)8-5-14-3-6-15(7-4-14)23-11-16(18)21/h3-8,12-13,19H,9-11H2,1-2H3,(H2,18,21). The first-order valence-electron chi connectivity index (χ1n) is 7.68. The Morgan fingerprint density at radius 1 is 1.26 bits per heavy atom. The van der Waals surface area contributed by atoms with E-state index in [0.29, 0.717) is 30.9 Å². The molecule has 1 fully saturated rings. The molecule has 124 valence electrons. The van der Waals surface area contributed by atoms with Gasteiger partial charge in [-0.25, -0.2) is 0 Å². The molecule has 2 rings (SSSR count). The summed E-state index contributed by atoms with van der Waals surface area (Å²) in [5, 5.41) is 3.40. The molecule has 1 heterocycles. The number of amides is 2. The molecule has 2 amide bonds. The third-order valence-corrected chi connectivity index (χ3v) is 3.55. The Morgan fingerprint density at radius 3 is 2.43 bits per heavy atom. The Hall–Kier alpha value is -2.34. The van der Waals surface area contributed by atoms with Crippen molar-refractivity contribution in [1.82, 2.24) is 10.2 Å². The lowest BCUT2D eigenvalue weighted by molar-refractivity contribution is -0.127. The number of piperazine rings is 1. The molecule has 1 saturated heterocycles. The first kappa shape index (κ1) is 17.0. The fourth-order valence-corrected chi connectivity index (χ4v) is 2.61. The predicted molar refractivity (Wildman–Crippen MR) is 88.8 cm³/mol. The molecule has 0 saturated carbocycles. The summed E-state index contributed by atoms with van der Waals surface area (Å²) in [6.45, 7) is 5.43.